The lowest BCUT2D eigenvalue weighted by molar-refractivity contribution is -0.384. The molecule has 0 saturated heterocycles. The van der Waals surface area contributed by atoms with Gasteiger partial charge in [-0.3, -0.25) is 14.9 Å². The number of hydrazone groups is 1. The van der Waals surface area contributed by atoms with Crippen LogP contribution in [0, 0.1) is 10.1 Å². The summed E-state index contributed by atoms with van der Waals surface area (Å²) >= 11 is 5.86. The number of benzene rings is 2. The van der Waals surface area contributed by atoms with E-state index in [9.17, 15) is 14.9 Å². The van der Waals surface area contributed by atoms with Crippen LogP contribution in [0.3, 0.4) is 0 Å². The number of hydrogen-bond donors (Lipinski definition) is 1. The molecule has 8 nitrogen and oxygen atoms in total. The van der Waals surface area contributed by atoms with Gasteiger partial charge in [0.15, 0.2) is 0 Å². The first-order chi connectivity index (χ1) is 13.5. The Hall–Kier alpha value is -3.65. The van der Waals surface area contributed by atoms with Gasteiger partial charge in [0, 0.05) is 22.7 Å². The average Bonchev–Trinajstić information content (AvgIpc) is 3.16. The van der Waals surface area contributed by atoms with Crippen molar-refractivity contribution in [3.8, 4) is 17.1 Å². The van der Waals surface area contributed by atoms with Gasteiger partial charge in [-0.1, -0.05) is 11.6 Å². The van der Waals surface area contributed by atoms with Crippen LogP contribution in [-0.4, -0.2) is 24.2 Å². The lowest BCUT2D eigenvalue weighted by atomic mass is 10.1. The van der Waals surface area contributed by atoms with Crippen LogP contribution in [0.1, 0.15) is 16.1 Å². The van der Waals surface area contributed by atoms with E-state index in [0.717, 1.165) is 11.6 Å². The van der Waals surface area contributed by atoms with Gasteiger partial charge in [0.2, 0.25) is 0 Å². The molecule has 142 valence electrons. The Morgan fingerprint density at radius 2 is 1.96 bits per heavy atom. The number of halogens is 1. The maximum atomic E-state index is 12.3. The minimum atomic E-state index is -0.652. The molecule has 2 aromatic carbocycles. The number of rotatable bonds is 6. The van der Waals surface area contributed by atoms with E-state index in [0.29, 0.717) is 16.5 Å². The van der Waals surface area contributed by atoms with Crippen molar-refractivity contribution in [1.82, 2.24) is 5.43 Å². The monoisotopic (exact) mass is 399 g/mol. The molecule has 28 heavy (non-hydrogen) atoms. The lowest BCUT2D eigenvalue weighted by Crippen LogP contribution is -2.18. The second-order valence-electron chi connectivity index (χ2n) is 5.55. The number of nitrogens with zero attached hydrogens (tertiary/aromatic N) is 2. The molecule has 1 amide bonds. The van der Waals surface area contributed by atoms with Gasteiger partial charge in [0.1, 0.15) is 17.3 Å². The number of carbonyl (C=O) groups is 1. The number of carbonyl (C=O) groups excluding carboxylic acids is 1. The smallest absolute Gasteiger partial charge is 0.275 e. The Morgan fingerprint density at radius 3 is 2.64 bits per heavy atom. The summed E-state index contributed by atoms with van der Waals surface area (Å²) in [6.07, 6.45) is 1.32. The van der Waals surface area contributed by atoms with Crippen LogP contribution in [0.4, 0.5) is 5.69 Å². The third kappa shape index (κ3) is 4.36. The molecule has 0 aliphatic heterocycles. The molecule has 3 aromatic rings. The summed E-state index contributed by atoms with van der Waals surface area (Å²) in [5.74, 6) is 0.573. The Balaban J connectivity index is 1.71. The predicted octanol–water partition coefficient (Wildman–Crippen LogP) is 4.28. The molecule has 0 unspecified atom stereocenters. The van der Waals surface area contributed by atoms with Gasteiger partial charge in [0.05, 0.1) is 23.8 Å². The molecule has 0 aliphatic carbocycles. The number of ether oxygens (including phenoxy) is 1. The van der Waals surface area contributed by atoms with Gasteiger partial charge < -0.3 is 9.15 Å². The fourth-order valence-corrected chi connectivity index (χ4v) is 2.52. The number of amides is 1. The molecular weight excluding hydrogens is 386 g/mol. The van der Waals surface area contributed by atoms with Gasteiger partial charge in [-0.15, -0.1) is 0 Å². The maximum absolute atomic E-state index is 12.3. The van der Waals surface area contributed by atoms with Crippen LogP contribution in [0.15, 0.2) is 64.1 Å². The summed E-state index contributed by atoms with van der Waals surface area (Å²) in [7, 11) is 1.36. The van der Waals surface area contributed by atoms with Crippen molar-refractivity contribution in [1.29, 1.82) is 0 Å². The fraction of sp³-hybridized carbons (Fsp3) is 0.0526. The van der Waals surface area contributed by atoms with Crippen molar-refractivity contribution in [3.05, 3.63) is 81.1 Å². The van der Waals surface area contributed by atoms with Crippen LogP contribution in [-0.2, 0) is 0 Å². The third-order valence-corrected chi connectivity index (χ3v) is 4.00. The van der Waals surface area contributed by atoms with E-state index < -0.39 is 10.8 Å². The Morgan fingerprint density at radius 1 is 1.21 bits per heavy atom. The molecule has 9 heteroatoms. The Labute approximate surface area is 164 Å². The van der Waals surface area contributed by atoms with Crippen LogP contribution in [0.25, 0.3) is 11.3 Å². The number of nitrogens with one attached hydrogen (secondary N) is 1. The van der Waals surface area contributed by atoms with Gasteiger partial charge in [-0.05, 0) is 42.5 Å². The zero-order valence-electron chi connectivity index (χ0n) is 14.6. The summed E-state index contributed by atoms with van der Waals surface area (Å²) in [6, 6.07) is 14.3. The molecule has 0 fully saturated rings. The summed E-state index contributed by atoms with van der Waals surface area (Å²) < 4.78 is 10.7. The number of furan rings is 1. The minimum Gasteiger partial charge on any atom is -0.496 e. The number of non-ortho nitro benzene ring substituents is 1. The molecule has 0 aliphatic rings. The van der Waals surface area contributed by atoms with Crippen molar-refractivity contribution < 1.29 is 18.9 Å². The van der Waals surface area contributed by atoms with Gasteiger partial charge in [-0.25, -0.2) is 5.43 Å². The van der Waals surface area contributed by atoms with Crippen molar-refractivity contribution >= 4 is 29.4 Å². The second kappa shape index (κ2) is 8.36. The second-order valence-corrected chi connectivity index (χ2v) is 5.99. The van der Waals surface area contributed by atoms with E-state index in [1.807, 2.05) is 12.1 Å². The highest BCUT2D eigenvalue weighted by Gasteiger charge is 2.17. The van der Waals surface area contributed by atoms with Gasteiger partial charge in [-0.2, -0.15) is 5.10 Å². The number of methoxy groups -OCH3 is 1. The third-order valence-electron chi connectivity index (χ3n) is 3.75. The van der Waals surface area contributed by atoms with E-state index in [1.54, 1.807) is 24.3 Å². The molecule has 3 rings (SSSR count). The van der Waals surface area contributed by atoms with E-state index in [2.05, 4.69) is 10.5 Å². The maximum Gasteiger partial charge on any atom is 0.275 e. The first-order valence-corrected chi connectivity index (χ1v) is 8.37. The SMILES string of the molecule is COc1ccc([N+](=O)[O-])cc1C(=O)N/N=C\c1ccc(-c2ccc(Cl)cc2)o1. The van der Waals surface area contributed by atoms with Crippen molar-refractivity contribution in [2.45, 2.75) is 0 Å². The van der Waals surface area contributed by atoms with E-state index in [1.165, 1.54) is 25.5 Å². The Kier molecular flexibility index (Phi) is 5.71. The van der Waals surface area contributed by atoms with E-state index in [4.69, 9.17) is 20.8 Å². The average molecular weight is 400 g/mol. The van der Waals surface area contributed by atoms with Crippen molar-refractivity contribution in [3.63, 3.8) is 0 Å². The molecule has 0 saturated carbocycles. The van der Waals surface area contributed by atoms with Crippen LogP contribution in [0.2, 0.25) is 5.02 Å². The summed E-state index contributed by atoms with van der Waals surface area (Å²) in [4.78, 5) is 22.6. The van der Waals surface area contributed by atoms with Gasteiger partial charge in [0.25, 0.3) is 11.6 Å². The first-order valence-electron chi connectivity index (χ1n) is 7.99. The summed E-state index contributed by atoms with van der Waals surface area (Å²) in [5, 5.41) is 15.3. The molecule has 0 bridgehead atoms. The fourth-order valence-electron chi connectivity index (χ4n) is 2.39. The molecule has 1 N–H and O–H groups in total. The standard InChI is InChI=1S/C19H14ClN3O5/c1-27-18-8-6-14(23(25)26)10-16(18)19(24)22-21-11-15-7-9-17(28-15)12-2-4-13(20)5-3-12/h2-11H,1H3,(H,22,24)/b21-11-. The number of hydrogen-bond acceptors (Lipinski definition) is 6. The summed E-state index contributed by atoms with van der Waals surface area (Å²) in [6.45, 7) is 0. The lowest BCUT2D eigenvalue weighted by Gasteiger charge is -2.06. The van der Waals surface area contributed by atoms with Crippen LogP contribution < -0.4 is 10.2 Å². The highest BCUT2D eigenvalue weighted by molar-refractivity contribution is 6.30. The van der Waals surface area contributed by atoms with Crippen molar-refractivity contribution in [2.75, 3.05) is 7.11 Å². The van der Waals surface area contributed by atoms with Gasteiger partial charge >= 0.3 is 0 Å². The molecule has 0 radical (unpaired) electrons. The largest absolute Gasteiger partial charge is 0.496 e. The van der Waals surface area contributed by atoms with E-state index in [-0.39, 0.29) is 17.0 Å². The quantitative estimate of drug-likeness (QED) is 0.378. The molecule has 0 spiro atoms. The minimum absolute atomic E-state index is 0.00449. The molecule has 1 aromatic heterocycles. The Bertz CT molecular complexity index is 1040. The topological polar surface area (TPSA) is 107 Å². The highest BCUT2D eigenvalue weighted by Crippen LogP contribution is 2.24. The molecule has 0 atom stereocenters. The van der Waals surface area contributed by atoms with Crippen LogP contribution in [0.5, 0.6) is 5.75 Å². The van der Waals surface area contributed by atoms with Crippen molar-refractivity contribution in [2.24, 2.45) is 5.10 Å². The zero-order chi connectivity index (χ0) is 20.1. The first kappa shape index (κ1) is 19.1. The number of nitro benzene ring substituents is 1. The predicted molar refractivity (Wildman–Crippen MR) is 104 cm³/mol. The normalized spacial score (nSPS) is 10.8. The molecular formula is C19H14ClN3O5. The zero-order valence-corrected chi connectivity index (χ0v) is 15.3. The molecule has 1 heterocycles. The number of nitro groups is 1. The summed E-state index contributed by atoms with van der Waals surface area (Å²) in [5.41, 5.74) is 2.90. The van der Waals surface area contributed by atoms with E-state index >= 15 is 0 Å². The highest BCUT2D eigenvalue weighted by atomic mass is 35.5. The van der Waals surface area contributed by atoms with Crippen LogP contribution >= 0.6 is 11.6 Å².